The van der Waals surface area contributed by atoms with Crippen molar-refractivity contribution < 1.29 is 9.53 Å². The van der Waals surface area contributed by atoms with Gasteiger partial charge in [-0.25, -0.2) is 4.79 Å². The molecule has 3 heterocycles. The highest BCUT2D eigenvalue weighted by molar-refractivity contribution is 5.90. The van der Waals surface area contributed by atoms with E-state index in [2.05, 4.69) is 9.88 Å². The fourth-order valence-electron chi connectivity index (χ4n) is 3.82. The number of pyridine rings is 1. The van der Waals surface area contributed by atoms with Crippen LogP contribution < -0.4 is 0 Å². The number of esters is 1. The van der Waals surface area contributed by atoms with Crippen LogP contribution in [0.4, 0.5) is 0 Å². The lowest BCUT2D eigenvalue weighted by Gasteiger charge is -2.42. The maximum Gasteiger partial charge on any atom is 0.341 e. The van der Waals surface area contributed by atoms with Crippen molar-refractivity contribution in [2.24, 2.45) is 5.92 Å². The molecule has 2 saturated heterocycles. The summed E-state index contributed by atoms with van der Waals surface area (Å²) in [5.41, 5.74) is 2.51. The molecule has 2 aliphatic rings. The van der Waals surface area contributed by atoms with E-state index in [-0.39, 0.29) is 19.6 Å². The van der Waals surface area contributed by atoms with Gasteiger partial charge in [0.05, 0.1) is 5.56 Å². The Balaban J connectivity index is 0.00000182. The van der Waals surface area contributed by atoms with Crippen molar-refractivity contribution in [3.05, 3.63) is 61.8 Å². The topological polar surface area (TPSA) is 42.4 Å². The van der Waals surface area contributed by atoms with Gasteiger partial charge < -0.3 is 4.74 Å². The molecule has 3 atom stereocenters. The number of benzene rings is 1. The third-order valence-electron chi connectivity index (χ3n) is 5.10. The summed E-state index contributed by atoms with van der Waals surface area (Å²) in [7, 11) is 0. The van der Waals surface area contributed by atoms with Crippen LogP contribution in [-0.2, 0) is 4.74 Å². The van der Waals surface area contributed by atoms with Gasteiger partial charge >= 0.3 is 5.97 Å². The Morgan fingerprint density at radius 3 is 2.76 bits per heavy atom. The average Bonchev–Trinajstić information content (AvgIpc) is 2.65. The van der Waals surface area contributed by atoms with Crippen molar-refractivity contribution in [3.8, 4) is 11.1 Å². The number of carbonyl (C=O) groups excluding carboxylic acids is 1. The van der Waals surface area contributed by atoms with E-state index in [1.165, 1.54) is 12.8 Å². The summed E-state index contributed by atoms with van der Waals surface area (Å²) >= 11 is 0. The first-order valence-electron chi connectivity index (χ1n) is 8.75. The predicted octanol–water partition coefficient (Wildman–Crippen LogP) is 4.06. The normalized spacial score (nSPS) is 24.9. The van der Waals surface area contributed by atoms with Gasteiger partial charge in [0.1, 0.15) is 0 Å². The third kappa shape index (κ3) is 3.90. The van der Waals surface area contributed by atoms with Crippen LogP contribution in [0.2, 0.25) is 0 Å². The Hall–Kier alpha value is -2.20. The van der Waals surface area contributed by atoms with Gasteiger partial charge in [-0.2, -0.15) is 0 Å². The average molecular weight is 336 g/mol. The molecule has 2 aromatic rings. The molecular formula is C21H24N2O2. The van der Waals surface area contributed by atoms with Crippen LogP contribution in [0.5, 0.6) is 0 Å². The number of piperidine rings is 2. The van der Waals surface area contributed by atoms with E-state index in [1.807, 2.05) is 36.4 Å². The highest BCUT2D eigenvalue weighted by Crippen LogP contribution is 2.31. The lowest BCUT2D eigenvalue weighted by Crippen LogP contribution is -2.48. The Morgan fingerprint density at radius 2 is 1.92 bits per heavy atom. The SMILES string of the molecule is O=C(OC1CCC2CCCN1C2)c1cncc(-c2ccccc2)c1.[CH2]. The van der Waals surface area contributed by atoms with Crippen molar-refractivity contribution in [3.63, 3.8) is 0 Å². The van der Waals surface area contributed by atoms with Crippen LogP contribution >= 0.6 is 0 Å². The zero-order valence-electron chi connectivity index (χ0n) is 14.4. The van der Waals surface area contributed by atoms with Gasteiger partial charge in [0.25, 0.3) is 0 Å². The second kappa shape index (κ2) is 7.79. The molecule has 4 rings (SSSR count). The van der Waals surface area contributed by atoms with Crippen molar-refractivity contribution in [1.29, 1.82) is 0 Å². The van der Waals surface area contributed by atoms with Crippen molar-refractivity contribution in [2.75, 3.05) is 13.1 Å². The van der Waals surface area contributed by atoms with Gasteiger partial charge in [0.15, 0.2) is 6.23 Å². The molecule has 0 N–H and O–H groups in total. The molecule has 1 aromatic carbocycles. The summed E-state index contributed by atoms with van der Waals surface area (Å²) < 4.78 is 5.80. The van der Waals surface area contributed by atoms with Crippen LogP contribution in [0.1, 0.15) is 36.0 Å². The van der Waals surface area contributed by atoms with E-state index >= 15 is 0 Å². The lowest BCUT2D eigenvalue weighted by atomic mass is 9.89. The molecule has 0 saturated carbocycles. The smallest absolute Gasteiger partial charge is 0.341 e. The zero-order valence-corrected chi connectivity index (χ0v) is 14.4. The van der Waals surface area contributed by atoms with E-state index in [0.29, 0.717) is 5.56 Å². The number of carbonyl (C=O) groups is 1. The Labute approximate surface area is 149 Å². The molecule has 2 aliphatic heterocycles. The molecule has 3 unspecified atom stereocenters. The maximum absolute atomic E-state index is 12.6. The second-order valence-corrected chi connectivity index (χ2v) is 6.77. The standard InChI is InChI=1S/C20H22N2O2.CH2/c23-20(24-19-9-8-15-5-4-10-22(19)14-15)18-11-17(12-21-13-18)16-6-2-1-3-7-16;/h1-3,6-7,11-13,15,19H,4-5,8-10,14H2;1H2. The first-order valence-corrected chi connectivity index (χ1v) is 8.75. The minimum Gasteiger partial charge on any atom is -0.443 e. The van der Waals surface area contributed by atoms with E-state index in [0.717, 1.165) is 43.0 Å². The quantitative estimate of drug-likeness (QED) is 0.793. The summed E-state index contributed by atoms with van der Waals surface area (Å²) in [6, 6.07) is 11.8. The Kier molecular flexibility index (Phi) is 5.49. The molecule has 0 aliphatic carbocycles. The fraction of sp³-hybridized carbons (Fsp3) is 0.381. The van der Waals surface area contributed by atoms with Gasteiger partial charge in [-0.1, -0.05) is 37.8 Å². The number of aromatic nitrogens is 1. The van der Waals surface area contributed by atoms with Crippen LogP contribution in [-0.4, -0.2) is 35.2 Å². The van der Waals surface area contributed by atoms with Gasteiger partial charge in [-0.15, -0.1) is 0 Å². The summed E-state index contributed by atoms with van der Waals surface area (Å²) in [5, 5.41) is 0. The van der Waals surface area contributed by atoms with Gasteiger partial charge in [0.2, 0.25) is 0 Å². The number of nitrogens with zero attached hydrogens (tertiary/aromatic N) is 2. The summed E-state index contributed by atoms with van der Waals surface area (Å²) in [4.78, 5) is 19.1. The summed E-state index contributed by atoms with van der Waals surface area (Å²) in [6.45, 7) is 2.11. The second-order valence-electron chi connectivity index (χ2n) is 6.77. The minimum atomic E-state index is -0.269. The Morgan fingerprint density at radius 1 is 1.08 bits per heavy atom. The number of fused-ring (bicyclic) bond motifs is 2. The molecule has 2 bridgehead atoms. The van der Waals surface area contributed by atoms with Gasteiger partial charge in [0, 0.05) is 31.0 Å². The number of hydrogen-bond acceptors (Lipinski definition) is 4. The summed E-state index contributed by atoms with van der Waals surface area (Å²) in [5.74, 6) is 0.520. The molecule has 25 heavy (non-hydrogen) atoms. The fourth-order valence-corrected chi connectivity index (χ4v) is 3.82. The molecule has 4 heteroatoms. The van der Waals surface area contributed by atoms with Crippen LogP contribution in [0.15, 0.2) is 48.8 Å². The molecule has 0 amide bonds. The monoisotopic (exact) mass is 336 g/mol. The van der Waals surface area contributed by atoms with Crippen LogP contribution in [0, 0.1) is 13.3 Å². The number of ether oxygens (including phenoxy) is 1. The van der Waals surface area contributed by atoms with Crippen molar-refractivity contribution in [1.82, 2.24) is 9.88 Å². The van der Waals surface area contributed by atoms with E-state index in [4.69, 9.17) is 4.74 Å². The first kappa shape index (κ1) is 17.6. The molecular weight excluding hydrogens is 312 g/mol. The summed E-state index contributed by atoms with van der Waals surface area (Å²) in [6.07, 6.45) is 7.94. The van der Waals surface area contributed by atoms with Crippen molar-refractivity contribution in [2.45, 2.75) is 31.9 Å². The molecule has 2 fully saturated rings. The molecule has 4 nitrogen and oxygen atoms in total. The van der Waals surface area contributed by atoms with Crippen LogP contribution in [0.3, 0.4) is 0 Å². The highest BCUT2D eigenvalue weighted by atomic mass is 16.6. The molecule has 1 aromatic heterocycles. The lowest BCUT2D eigenvalue weighted by molar-refractivity contribution is -0.0758. The largest absolute Gasteiger partial charge is 0.443 e. The van der Waals surface area contributed by atoms with Gasteiger partial charge in [-0.05, 0) is 43.2 Å². The number of hydrogen-bond donors (Lipinski definition) is 0. The highest BCUT2D eigenvalue weighted by Gasteiger charge is 2.33. The van der Waals surface area contributed by atoms with E-state index in [1.54, 1.807) is 12.4 Å². The van der Waals surface area contributed by atoms with Gasteiger partial charge in [-0.3, -0.25) is 9.88 Å². The molecule has 2 radical (unpaired) electrons. The molecule has 130 valence electrons. The van der Waals surface area contributed by atoms with Crippen LogP contribution in [0.25, 0.3) is 11.1 Å². The van der Waals surface area contributed by atoms with E-state index < -0.39 is 0 Å². The first-order chi connectivity index (χ1) is 11.8. The Bertz CT molecular complexity index is 717. The van der Waals surface area contributed by atoms with E-state index in [9.17, 15) is 4.79 Å². The van der Waals surface area contributed by atoms with Crippen molar-refractivity contribution >= 4 is 5.97 Å². The maximum atomic E-state index is 12.6. The predicted molar refractivity (Wildman–Crippen MR) is 97.8 cm³/mol. The number of rotatable bonds is 3. The minimum absolute atomic E-state index is 0. The molecule has 0 spiro atoms. The third-order valence-corrected chi connectivity index (χ3v) is 5.10. The zero-order chi connectivity index (χ0) is 16.4.